The van der Waals surface area contributed by atoms with Crippen molar-refractivity contribution < 1.29 is 28.2 Å². The first kappa shape index (κ1) is 30.2. The lowest BCUT2D eigenvalue weighted by Crippen LogP contribution is -2.23. The van der Waals surface area contributed by atoms with Crippen LogP contribution in [0.2, 0.25) is 0 Å². The van der Waals surface area contributed by atoms with Crippen LogP contribution in [0, 0.1) is 12.7 Å². The van der Waals surface area contributed by atoms with E-state index >= 15 is 0 Å². The summed E-state index contributed by atoms with van der Waals surface area (Å²) in [7, 11) is 0. The fraction of sp³-hybridized carbons (Fsp3) is 0.250. The fourth-order valence-electron chi connectivity index (χ4n) is 3.98. The van der Waals surface area contributed by atoms with Gasteiger partial charge in [0.05, 0.1) is 29.9 Å². The van der Waals surface area contributed by atoms with Crippen LogP contribution in [0.25, 0.3) is 21.3 Å². The van der Waals surface area contributed by atoms with E-state index < -0.39 is 17.8 Å². The number of hydrogen-bond donors (Lipinski definition) is 1. The highest BCUT2D eigenvalue weighted by molar-refractivity contribution is 7.99. The number of thioether (sulfide) groups is 1. The van der Waals surface area contributed by atoms with Gasteiger partial charge in [-0.05, 0) is 44.0 Å². The minimum atomic E-state index is -0.665. The molecule has 0 aliphatic carbocycles. The molecule has 0 saturated carbocycles. The topological polar surface area (TPSA) is 117 Å². The van der Waals surface area contributed by atoms with Gasteiger partial charge < -0.3 is 14.8 Å². The van der Waals surface area contributed by atoms with Crippen LogP contribution in [0.15, 0.2) is 52.3 Å². The van der Waals surface area contributed by atoms with Gasteiger partial charge in [-0.1, -0.05) is 30.0 Å². The van der Waals surface area contributed by atoms with Gasteiger partial charge in [0.25, 0.3) is 5.56 Å². The summed E-state index contributed by atoms with van der Waals surface area (Å²) in [5.74, 6) is -2.26. The first-order valence-corrected chi connectivity index (χ1v) is 15.2. The predicted molar refractivity (Wildman–Crippen MR) is 160 cm³/mol. The van der Waals surface area contributed by atoms with Crippen molar-refractivity contribution in [3.05, 3.63) is 74.5 Å². The van der Waals surface area contributed by atoms with Crippen molar-refractivity contribution in [2.45, 2.75) is 32.5 Å². The molecule has 13 heteroatoms. The van der Waals surface area contributed by atoms with Gasteiger partial charge in [0.2, 0.25) is 5.91 Å². The lowest BCUT2D eigenvalue weighted by Gasteiger charge is -2.11. The molecule has 0 unspecified atom stereocenters. The van der Waals surface area contributed by atoms with Gasteiger partial charge in [-0.25, -0.2) is 19.0 Å². The Labute approximate surface area is 247 Å². The van der Waals surface area contributed by atoms with Crippen molar-refractivity contribution in [3.8, 4) is 11.1 Å². The maximum Gasteiger partial charge on any atom is 0.348 e. The number of halogens is 1. The van der Waals surface area contributed by atoms with Gasteiger partial charge in [0, 0.05) is 17.5 Å². The average molecular weight is 616 g/mol. The highest BCUT2D eigenvalue weighted by Crippen LogP contribution is 2.35. The Balaban J connectivity index is 1.61. The number of allylic oxidation sites excluding steroid dienone is 1. The minimum absolute atomic E-state index is 0.0910. The number of amides is 1. The van der Waals surface area contributed by atoms with Crippen LogP contribution in [0.4, 0.5) is 9.39 Å². The second-order valence-electron chi connectivity index (χ2n) is 8.47. The third kappa shape index (κ3) is 6.42. The number of aromatic nitrogens is 2. The van der Waals surface area contributed by atoms with Gasteiger partial charge in [0.15, 0.2) is 5.16 Å². The quantitative estimate of drug-likeness (QED) is 0.0959. The molecule has 1 N–H and O–H groups in total. The van der Waals surface area contributed by atoms with Crippen LogP contribution in [-0.2, 0) is 20.8 Å². The first-order chi connectivity index (χ1) is 19.7. The molecular formula is C28H26FN3O6S3. The monoisotopic (exact) mass is 615 g/mol. The van der Waals surface area contributed by atoms with Gasteiger partial charge in [0.1, 0.15) is 20.5 Å². The number of rotatable bonds is 11. The zero-order chi connectivity index (χ0) is 29.7. The number of thiophene rings is 2. The number of anilines is 1. The smallest absolute Gasteiger partial charge is 0.348 e. The van der Waals surface area contributed by atoms with Crippen LogP contribution in [0.1, 0.15) is 39.4 Å². The molecule has 4 rings (SSSR count). The van der Waals surface area contributed by atoms with Crippen molar-refractivity contribution in [1.29, 1.82) is 0 Å². The molecule has 0 aliphatic rings. The number of hydrogen-bond acceptors (Lipinski definition) is 10. The highest BCUT2D eigenvalue weighted by Gasteiger charge is 2.27. The molecule has 3 heterocycles. The van der Waals surface area contributed by atoms with Crippen LogP contribution in [-0.4, -0.2) is 46.4 Å². The summed E-state index contributed by atoms with van der Waals surface area (Å²) >= 11 is 3.25. The van der Waals surface area contributed by atoms with Crippen molar-refractivity contribution in [3.63, 3.8) is 0 Å². The molecule has 214 valence electrons. The third-order valence-electron chi connectivity index (χ3n) is 5.80. The van der Waals surface area contributed by atoms with Gasteiger partial charge in [-0.3, -0.25) is 14.2 Å². The molecule has 0 radical (unpaired) electrons. The van der Waals surface area contributed by atoms with E-state index in [0.717, 1.165) is 23.1 Å². The largest absolute Gasteiger partial charge is 0.462 e. The predicted octanol–water partition coefficient (Wildman–Crippen LogP) is 5.90. The second kappa shape index (κ2) is 13.2. The molecule has 1 aromatic carbocycles. The summed E-state index contributed by atoms with van der Waals surface area (Å²) in [6.45, 7) is 9.08. The zero-order valence-corrected chi connectivity index (χ0v) is 24.9. The van der Waals surface area contributed by atoms with E-state index in [9.17, 15) is 23.6 Å². The number of nitrogens with zero attached hydrogens (tertiary/aromatic N) is 2. The van der Waals surface area contributed by atoms with Gasteiger partial charge >= 0.3 is 11.9 Å². The Morgan fingerprint density at radius 1 is 1.15 bits per heavy atom. The molecule has 0 fully saturated rings. The summed E-state index contributed by atoms with van der Waals surface area (Å²) in [6.07, 6.45) is 1.56. The standard InChI is InChI=1S/C28H26FN3O6S3/c1-5-12-32-25(34)21-18(16-8-10-17(29)11-9-16)13-39-23(21)31-28(32)40-14-19(33)30-24-20(26(35)37-6-2)15(4)22(41-24)27(36)38-7-3/h5,8-11,13H,1,6-7,12,14H2,2-4H3,(H,30,33). The molecule has 1 amide bonds. The molecule has 0 spiro atoms. The van der Waals surface area contributed by atoms with Crippen molar-refractivity contribution in [2.24, 2.45) is 0 Å². The number of carbonyl (C=O) groups excluding carboxylic acids is 3. The Morgan fingerprint density at radius 3 is 2.49 bits per heavy atom. The Kier molecular flexibility index (Phi) is 9.73. The van der Waals surface area contributed by atoms with Gasteiger partial charge in [-0.2, -0.15) is 0 Å². The maximum atomic E-state index is 13.5. The maximum absolute atomic E-state index is 13.5. The molecule has 3 aromatic heterocycles. The van der Waals surface area contributed by atoms with E-state index in [2.05, 4.69) is 16.9 Å². The lowest BCUT2D eigenvalue weighted by atomic mass is 10.1. The summed E-state index contributed by atoms with van der Waals surface area (Å²) in [5.41, 5.74) is 1.47. The summed E-state index contributed by atoms with van der Waals surface area (Å²) < 4.78 is 25.1. The van der Waals surface area contributed by atoms with Crippen molar-refractivity contribution >= 4 is 67.5 Å². The van der Waals surface area contributed by atoms with Crippen molar-refractivity contribution in [1.82, 2.24) is 9.55 Å². The third-order valence-corrected chi connectivity index (χ3v) is 8.83. The molecule has 0 aliphatic heterocycles. The molecular weight excluding hydrogens is 590 g/mol. The number of ether oxygens (including phenoxy) is 2. The first-order valence-electron chi connectivity index (χ1n) is 12.5. The zero-order valence-electron chi connectivity index (χ0n) is 22.4. The summed E-state index contributed by atoms with van der Waals surface area (Å²) in [4.78, 5) is 56.9. The van der Waals surface area contributed by atoms with Crippen LogP contribution < -0.4 is 10.9 Å². The van der Waals surface area contributed by atoms with E-state index in [4.69, 9.17) is 9.47 Å². The molecule has 0 bridgehead atoms. The van der Waals surface area contributed by atoms with Gasteiger partial charge in [-0.15, -0.1) is 29.3 Å². The van der Waals surface area contributed by atoms with Crippen molar-refractivity contribution in [2.75, 3.05) is 24.3 Å². The van der Waals surface area contributed by atoms with E-state index in [0.29, 0.717) is 32.1 Å². The Bertz CT molecular complexity index is 1690. The average Bonchev–Trinajstić information content (AvgIpc) is 3.51. The number of nitrogens with one attached hydrogen (secondary N) is 1. The highest BCUT2D eigenvalue weighted by atomic mass is 32.2. The van der Waals surface area contributed by atoms with E-state index in [-0.39, 0.29) is 52.3 Å². The minimum Gasteiger partial charge on any atom is -0.462 e. The molecule has 4 aromatic rings. The number of fused-ring (bicyclic) bond motifs is 1. The van der Waals surface area contributed by atoms with E-state index in [1.54, 1.807) is 44.4 Å². The summed E-state index contributed by atoms with van der Waals surface area (Å²) in [6, 6.07) is 5.86. The lowest BCUT2D eigenvalue weighted by molar-refractivity contribution is -0.113. The normalized spacial score (nSPS) is 10.9. The van der Waals surface area contributed by atoms with Crippen LogP contribution >= 0.6 is 34.4 Å². The Morgan fingerprint density at radius 2 is 1.83 bits per heavy atom. The van der Waals surface area contributed by atoms with Crippen LogP contribution in [0.5, 0.6) is 0 Å². The number of esters is 2. The molecule has 41 heavy (non-hydrogen) atoms. The SMILES string of the molecule is C=CCn1c(SCC(=O)Nc2sc(C(=O)OCC)c(C)c2C(=O)OCC)nc2scc(-c3ccc(F)cc3)c2c1=O. The Hall–Kier alpha value is -3.81. The van der Waals surface area contributed by atoms with Crippen LogP contribution in [0.3, 0.4) is 0 Å². The van der Waals surface area contributed by atoms with E-state index in [1.807, 2.05) is 0 Å². The number of benzene rings is 1. The second-order valence-corrected chi connectivity index (χ2v) is 11.3. The fourth-order valence-corrected chi connectivity index (χ4v) is 6.88. The molecule has 0 saturated heterocycles. The number of carbonyl (C=O) groups is 3. The molecule has 9 nitrogen and oxygen atoms in total. The molecule has 0 atom stereocenters. The van der Waals surface area contributed by atoms with E-state index in [1.165, 1.54) is 28.0 Å². The summed E-state index contributed by atoms with van der Waals surface area (Å²) in [5, 5.41) is 5.37.